The lowest BCUT2D eigenvalue weighted by molar-refractivity contribution is -0.136. The Bertz CT molecular complexity index is 567. The van der Waals surface area contributed by atoms with Crippen LogP contribution in [0.4, 0.5) is 0 Å². The minimum atomic E-state index is -0.780. The third-order valence-corrected chi connectivity index (χ3v) is 3.11. The summed E-state index contributed by atoms with van der Waals surface area (Å²) in [6.45, 7) is 3.99. The number of carboxylic acid groups (broad SMARTS) is 1. The van der Waals surface area contributed by atoms with Crippen molar-refractivity contribution < 1.29 is 9.90 Å². The van der Waals surface area contributed by atoms with Crippen LogP contribution in [0.3, 0.4) is 0 Å². The van der Waals surface area contributed by atoms with Gasteiger partial charge >= 0.3 is 5.97 Å². The Balaban J connectivity index is 2.75. The normalized spacial score (nSPS) is 10.9. The molecule has 0 amide bonds. The van der Waals surface area contributed by atoms with Gasteiger partial charge in [0.1, 0.15) is 0 Å². The lowest BCUT2D eigenvalue weighted by Gasteiger charge is -1.98. The Labute approximate surface area is 94.3 Å². The Morgan fingerprint density at radius 2 is 2.06 bits per heavy atom. The molecule has 0 fully saturated rings. The van der Waals surface area contributed by atoms with Gasteiger partial charge in [-0.15, -0.1) is 0 Å². The summed E-state index contributed by atoms with van der Waals surface area (Å²) in [7, 11) is 1.97. The molecule has 0 atom stereocenters. The van der Waals surface area contributed by atoms with E-state index < -0.39 is 5.97 Å². The number of carbonyl (C=O) groups is 1. The molecule has 1 aromatic carbocycles. The van der Waals surface area contributed by atoms with Gasteiger partial charge in [0.15, 0.2) is 0 Å². The molecule has 0 aliphatic heterocycles. The van der Waals surface area contributed by atoms with Crippen molar-refractivity contribution in [3.8, 4) is 0 Å². The molecule has 2 aromatic rings. The van der Waals surface area contributed by atoms with Crippen LogP contribution >= 0.6 is 0 Å². The number of fused-ring (bicyclic) bond motifs is 1. The second-order valence-corrected chi connectivity index (χ2v) is 4.21. The van der Waals surface area contributed by atoms with E-state index >= 15 is 0 Å². The van der Waals surface area contributed by atoms with Gasteiger partial charge in [0.2, 0.25) is 0 Å². The van der Waals surface area contributed by atoms with Gasteiger partial charge in [-0.2, -0.15) is 0 Å². The molecule has 0 radical (unpaired) electrons. The van der Waals surface area contributed by atoms with E-state index in [1.54, 1.807) is 0 Å². The van der Waals surface area contributed by atoms with Crippen LogP contribution in [0.15, 0.2) is 18.2 Å². The number of aryl methyl sites for hydroxylation is 2. The topological polar surface area (TPSA) is 42.2 Å². The van der Waals surface area contributed by atoms with Crippen molar-refractivity contribution in [2.75, 3.05) is 0 Å². The van der Waals surface area contributed by atoms with Crippen molar-refractivity contribution in [1.82, 2.24) is 4.57 Å². The molecule has 0 saturated carbocycles. The van der Waals surface area contributed by atoms with Crippen molar-refractivity contribution in [2.24, 2.45) is 7.05 Å². The van der Waals surface area contributed by atoms with Crippen LogP contribution in [-0.4, -0.2) is 15.6 Å². The number of carboxylic acids is 1. The maximum atomic E-state index is 10.8. The van der Waals surface area contributed by atoms with Crippen molar-refractivity contribution in [1.29, 1.82) is 0 Å². The van der Waals surface area contributed by atoms with Crippen molar-refractivity contribution in [3.63, 3.8) is 0 Å². The highest BCUT2D eigenvalue weighted by Crippen LogP contribution is 2.26. The highest BCUT2D eigenvalue weighted by molar-refractivity contribution is 5.89. The molecule has 3 nitrogen and oxygen atoms in total. The van der Waals surface area contributed by atoms with Crippen molar-refractivity contribution in [3.05, 3.63) is 35.0 Å². The summed E-state index contributed by atoms with van der Waals surface area (Å²) >= 11 is 0. The van der Waals surface area contributed by atoms with E-state index in [1.807, 2.05) is 37.6 Å². The molecule has 0 saturated heterocycles. The average molecular weight is 217 g/mol. The molecule has 16 heavy (non-hydrogen) atoms. The fourth-order valence-electron chi connectivity index (χ4n) is 2.14. The zero-order chi connectivity index (χ0) is 11.9. The molecule has 0 spiro atoms. The molecule has 2 rings (SSSR count). The third-order valence-electron chi connectivity index (χ3n) is 3.11. The number of nitrogens with zero attached hydrogens (tertiary/aromatic N) is 1. The van der Waals surface area contributed by atoms with Crippen LogP contribution in [0.5, 0.6) is 0 Å². The van der Waals surface area contributed by atoms with E-state index in [-0.39, 0.29) is 6.42 Å². The van der Waals surface area contributed by atoms with Gasteiger partial charge in [0.05, 0.1) is 6.42 Å². The second kappa shape index (κ2) is 3.67. The molecule has 0 aliphatic carbocycles. The first-order valence-electron chi connectivity index (χ1n) is 5.27. The highest BCUT2D eigenvalue weighted by atomic mass is 16.4. The van der Waals surface area contributed by atoms with Gasteiger partial charge in [-0.3, -0.25) is 4.79 Å². The zero-order valence-corrected chi connectivity index (χ0v) is 9.74. The monoisotopic (exact) mass is 217 g/mol. The maximum Gasteiger partial charge on any atom is 0.307 e. The Hall–Kier alpha value is -1.77. The van der Waals surface area contributed by atoms with E-state index in [1.165, 1.54) is 0 Å². The smallest absolute Gasteiger partial charge is 0.307 e. The lowest BCUT2D eigenvalue weighted by atomic mass is 10.1. The van der Waals surface area contributed by atoms with E-state index in [0.717, 1.165) is 27.7 Å². The fourth-order valence-corrected chi connectivity index (χ4v) is 2.14. The van der Waals surface area contributed by atoms with Crippen LogP contribution in [0.2, 0.25) is 0 Å². The number of hydrogen-bond donors (Lipinski definition) is 1. The first-order chi connectivity index (χ1) is 7.50. The highest BCUT2D eigenvalue weighted by Gasteiger charge is 2.14. The van der Waals surface area contributed by atoms with Gasteiger partial charge in [0.25, 0.3) is 0 Å². The zero-order valence-electron chi connectivity index (χ0n) is 9.74. The number of aliphatic carboxylic acids is 1. The Kier molecular flexibility index (Phi) is 2.46. The summed E-state index contributed by atoms with van der Waals surface area (Å²) in [4.78, 5) is 10.8. The van der Waals surface area contributed by atoms with E-state index in [0.29, 0.717) is 0 Å². The predicted molar refractivity (Wildman–Crippen MR) is 63.7 cm³/mol. The largest absolute Gasteiger partial charge is 0.481 e. The molecular weight excluding hydrogens is 202 g/mol. The van der Waals surface area contributed by atoms with Gasteiger partial charge in [-0.25, -0.2) is 0 Å². The number of benzene rings is 1. The number of hydrogen-bond acceptors (Lipinski definition) is 1. The molecule has 0 aliphatic rings. The molecule has 0 unspecified atom stereocenters. The molecule has 1 N–H and O–H groups in total. The Morgan fingerprint density at radius 1 is 1.38 bits per heavy atom. The summed E-state index contributed by atoms with van der Waals surface area (Å²) < 4.78 is 2.05. The molecule has 84 valence electrons. The summed E-state index contributed by atoms with van der Waals surface area (Å²) in [6.07, 6.45) is 0.0899. The van der Waals surface area contributed by atoms with Gasteiger partial charge in [-0.1, -0.05) is 11.6 Å². The van der Waals surface area contributed by atoms with Gasteiger partial charge < -0.3 is 9.67 Å². The van der Waals surface area contributed by atoms with Crippen molar-refractivity contribution >= 4 is 16.9 Å². The number of aromatic nitrogens is 1. The van der Waals surface area contributed by atoms with Gasteiger partial charge in [-0.05, 0) is 31.5 Å². The maximum absolute atomic E-state index is 10.8. The van der Waals surface area contributed by atoms with Crippen LogP contribution in [0, 0.1) is 13.8 Å². The van der Waals surface area contributed by atoms with Crippen LogP contribution in [0.1, 0.15) is 16.8 Å². The number of rotatable bonds is 2. The van der Waals surface area contributed by atoms with E-state index in [9.17, 15) is 4.79 Å². The fraction of sp³-hybridized carbons (Fsp3) is 0.308. The Morgan fingerprint density at radius 3 is 2.69 bits per heavy atom. The minimum Gasteiger partial charge on any atom is -0.481 e. The minimum absolute atomic E-state index is 0.0899. The third kappa shape index (κ3) is 1.58. The second-order valence-electron chi connectivity index (χ2n) is 4.21. The summed E-state index contributed by atoms with van der Waals surface area (Å²) in [5, 5.41) is 9.98. The van der Waals surface area contributed by atoms with Crippen molar-refractivity contribution in [2.45, 2.75) is 20.3 Å². The van der Waals surface area contributed by atoms with E-state index in [2.05, 4.69) is 6.07 Å². The van der Waals surface area contributed by atoms with Crippen LogP contribution in [0.25, 0.3) is 10.9 Å². The standard InChI is InChI=1S/C13H15NO2/c1-8-4-5-12-11(6-8)10(7-13(15)16)9(2)14(12)3/h4-6H,7H2,1-3H3,(H,15,16). The van der Waals surface area contributed by atoms with Crippen LogP contribution < -0.4 is 0 Å². The quantitative estimate of drug-likeness (QED) is 0.839. The molecular formula is C13H15NO2. The molecule has 3 heteroatoms. The summed E-state index contributed by atoms with van der Waals surface area (Å²) in [5.41, 5.74) is 4.21. The molecule has 1 aromatic heterocycles. The van der Waals surface area contributed by atoms with Crippen LogP contribution in [-0.2, 0) is 18.3 Å². The lowest BCUT2D eigenvalue weighted by Crippen LogP contribution is -2.01. The SMILES string of the molecule is Cc1ccc2c(c1)c(CC(=O)O)c(C)n2C. The molecule has 1 heterocycles. The first-order valence-corrected chi connectivity index (χ1v) is 5.27. The summed E-state index contributed by atoms with van der Waals surface area (Å²) in [6, 6.07) is 6.15. The average Bonchev–Trinajstić information content (AvgIpc) is 2.43. The summed E-state index contributed by atoms with van der Waals surface area (Å²) in [5.74, 6) is -0.780. The predicted octanol–water partition coefficient (Wildman–Crippen LogP) is 2.42. The van der Waals surface area contributed by atoms with E-state index in [4.69, 9.17) is 5.11 Å². The molecule has 0 bridgehead atoms. The first kappa shape index (κ1) is 10.7. The van der Waals surface area contributed by atoms with Gasteiger partial charge in [0, 0.05) is 23.6 Å².